The highest BCUT2D eigenvalue weighted by molar-refractivity contribution is 5.94. The molecular weight excluding hydrogens is 509 g/mol. The minimum absolute atomic E-state index is 0.181. The summed E-state index contributed by atoms with van der Waals surface area (Å²) in [5.74, 6) is -2.94. The van der Waals surface area contributed by atoms with Gasteiger partial charge in [-0.1, -0.05) is 42.5 Å². The molecule has 1 unspecified atom stereocenters. The first kappa shape index (κ1) is 29.4. The number of aliphatic carboxylic acids is 1. The van der Waals surface area contributed by atoms with Crippen LogP contribution in [-0.4, -0.2) is 53.7 Å². The van der Waals surface area contributed by atoms with Gasteiger partial charge in [-0.25, -0.2) is 4.79 Å². The number of amides is 1. The Morgan fingerprint density at radius 2 is 1.67 bits per heavy atom. The van der Waals surface area contributed by atoms with E-state index in [0.717, 1.165) is 37.3 Å². The van der Waals surface area contributed by atoms with Crippen molar-refractivity contribution in [1.29, 1.82) is 5.26 Å². The van der Waals surface area contributed by atoms with Gasteiger partial charge in [-0.2, -0.15) is 18.4 Å². The molecule has 0 radical (unpaired) electrons. The van der Waals surface area contributed by atoms with Crippen LogP contribution in [0.5, 0.6) is 0 Å². The van der Waals surface area contributed by atoms with Gasteiger partial charge in [0.25, 0.3) is 5.91 Å². The fourth-order valence-electron chi connectivity index (χ4n) is 4.14. The molecule has 10 heteroatoms. The minimum atomic E-state index is -5.08. The second kappa shape index (κ2) is 13.6. The zero-order chi connectivity index (χ0) is 28.4. The molecule has 7 nitrogen and oxygen atoms in total. The average Bonchev–Trinajstić information content (AvgIpc) is 2.92. The first-order valence-electron chi connectivity index (χ1n) is 12.3. The molecule has 1 aliphatic rings. The molecule has 0 aromatic heterocycles. The number of carbonyl (C=O) groups is 2. The number of carbonyl (C=O) groups excluding carboxylic acids is 1. The van der Waals surface area contributed by atoms with Crippen molar-refractivity contribution in [3.05, 3.63) is 95.1 Å². The van der Waals surface area contributed by atoms with E-state index >= 15 is 0 Å². The summed E-state index contributed by atoms with van der Waals surface area (Å²) in [4.78, 5) is 23.9. The van der Waals surface area contributed by atoms with E-state index in [0.29, 0.717) is 23.7 Å². The maximum Gasteiger partial charge on any atom is 0.490 e. The van der Waals surface area contributed by atoms with Gasteiger partial charge in [-0.3, -0.25) is 9.69 Å². The second-order valence-corrected chi connectivity index (χ2v) is 9.17. The van der Waals surface area contributed by atoms with E-state index in [2.05, 4.69) is 64.9 Å². The van der Waals surface area contributed by atoms with Crippen LogP contribution >= 0.6 is 0 Å². The molecule has 0 bridgehead atoms. The number of nitriles is 1. The summed E-state index contributed by atoms with van der Waals surface area (Å²) in [7, 11) is 0. The monoisotopic (exact) mass is 538 g/mol. The summed E-state index contributed by atoms with van der Waals surface area (Å²) in [5, 5.41) is 22.6. The molecule has 0 aliphatic carbocycles. The third-order valence-corrected chi connectivity index (χ3v) is 6.00. The predicted octanol–water partition coefficient (Wildman–Crippen LogP) is 4.58. The standard InChI is InChI=1S/C27H28N4O.C2HF3O2/c1-20-18-31(12-11-29-20)19-23-7-4-9-25(15-23)24-8-3-6-22(14-24)17-30-27(32)26-10-2-5-21(13-26)16-28;3-2(4,5)1(6)7/h2-10,13-15,20,29H,11-12,17-19H2,1H3,(H,30,32);(H,6,7). The van der Waals surface area contributed by atoms with Crippen molar-refractivity contribution >= 4 is 11.9 Å². The topological polar surface area (TPSA) is 105 Å². The smallest absolute Gasteiger partial charge is 0.475 e. The molecular formula is C29H29F3N4O3. The lowest BCUT2D eigenvalue weighted by Crippen LogP contribution is -2.48. The molecule has 204 valence electrons. The van der Waals surface area contributed by atoms with Crippen LogP contribution in [0.15, 0.2) is 72.8 Å². The minimum Gasteiger partial charge on any atom is -0.475 e. The molecule has 0 spiro atoms. The zero-order valence-electron chi connectivity index (χ0n) is 21.3. The zero-order valence-corrected chi connectivity index (χ0v) is 21.3. The molecule has 3 aromatic carbocycles. The quantitative estimate of drug-likeness (QED) is 0.424. The summed E-state index contributed by atoms with van der Waals surface area (Å²) in [6.07, 6.45) is -5.08. The Bertz CT molecular complexity index is 1340. The van der Waals surface area contributed by atoms with E-state index in [1.807, 2.05) is 12.1 Å². The maximum absolute atomic E-state index is 12.5. The number of hydrogen-bond donors (Lipinski definition) is 3. The molecule has 1 fully saturated rings. The van der Waals surface area contributed by atoms with Gasteiger partial charge >= 0.3 is 12.1 Å². The van der Waals surface area contributed by atoms with Gasteiger partial charge in [0.05, 0.1) is 11.6 Å². The summed E-state index contributed by atoms with van der Waals surface area (Å²) >= 11 is 0. The highest BCUT2D eigenvalue weighted by Crippen LogP contribution is 2.23. The van der Waals surface area contributed by atoms with Crippen LogP contribution in [0.1, 0.15) is 34.0 Å². The molecule has 3 aromatic rings. The third-order valence-electron chi connectivity index (χ3n) is 6.00. The molecule has 1 aliphatic heterocycles. The second-order valence-electron chi connectivity index (χ2n) is 9.17. The number of rotatable bonds is 6. The van der Waals surface area contributed by atoms with Crippen molar-refractivity contribution in [3.63, 3.8) is 0 Å². The highest BCUT2D eigenvalue weighted by Gasteiger charge is 2.38. The van der Waals surface area contributed by atoms with Crippen molar-refractivity contribution in [1.82, 2.24) is 15.5 Å². The van der Waals surface area contributed by atoms with Gasteiger partial charge < -0.3 is 15.7 Å². The molecule has 4 rings (SSSR count). The SMILES string of the molecule is CC1CN(Cc2cccc(-c3cccc(CNC(=O)c4cccc(C#N)c4)c3)c2)CCN1.O=C(O)C(F)(F)F. The Hall–Kier alpha value is -4.20. The fourth-order valence-corrected chi connectivity index (χ4v) is 4.14. The van der Waals surface area contributed by atoms with Gasteiger partial charge in [0.2, 0.25) is 0 Å². The van der Waals surface area contributed by atoms with Gasteiger partial charge in [-0.05, 0) is 59.5 Å². The molecule has 1 heterocycles. The van der Waals surface area contributed by atoms with E-state index in [1.54, 1.807) is 24.3 Å². The summed E-state index contributed by atoms with van der Waals surface area (Å²) in [5.41, 5.74) is 5.64. The van der Waals surface area contributed by atoms with Crippen molar-refractivity contribution < 1.29 is 27.9 Å². The molecule has 0 saturated carbocycles. The van der Waals surface area contributed by atoms with Crippen molar-refractivity contribution in [3.8, 4) is 17.2 Å². The first-order valence-corrected chi connectivity index (χ1v) is 12.3. The summed E-state index contributed by atoms with van der Waals surface area (Å²) in [6.45, 7) is 6.79. The number of nitrogens with one attached hydrogen (secondary N) is 2. The largest absolute Gasteiger partial charge is 0.490 e. The fraction of sp³-hybridized carbons (Fsp3) is 0.276. The van der Waals surface area contributed by atoms with E-state index < -0.39 is 12.1 Å². The molecule has 1 atom stereocenters. The average molecular weight is 539 g/mol. The number of benzene rings is 3. The van der Waals surface area contributed by atoms with Crippen molar-refractivity contribution in [2.24, 2.45) is 0 Å². The molecule has 1 amide bonds. The van der Waals surface area contributed by atoms with Gasteiger partial charge in [-0.15, -0.1) is 0 Å². The predicted molar refractivity (Wildman–Crippen MR) is 141 cm³/mol. The van der Waals surface area contributed by atoms with Crippen LogP contribution in [0.25, 0.3) is 11.1 Å². The van der Waals surface area contributed by atoms with E-state index in [9.17, 15) is 18.0 Å². The maximum atomic E-state index is 12.5. The lowest BCUT2D eigenvalue weighted by atomic mass is 10.0. The number of alkyl halides is 3. The first-order chi connectivity index (χ1) is 18.5. The van der Waals surface area contributed by atoms with Crippen LogP contribution < -0.4 is 10.6 Å². The third kappa shape index (κ3) is 9.25. The number of halogens is 3. The van der Waals surface area contributed by atoms with Crippen LogP contribution in [0.2, 0.25) is 0 Å². The lowest BCUT2D eigenvalue weighted by molar-refractivity contribution is -0.192. The van der Waals surface area contributed by atoms with Crippen LogP contribution in [0.3, 0.4) is 0 Å². The summed E-state index contributed by atoms with van der Waals surface area (Å²) in [6, 6.07) is 26.3. The van der Waals surface area contributed by atoms with E-state index in [4.69, 9.17) is 15.2 Å². The van der Waals surface area contributed by atoms with Crippen molar-refractivity contribution in [2.75, 3.05) is 19.6 Å². The van der Waals surface area contributed by atoms with Crippen LogP contribution in [0, 0.1) is 11.3 Å². The van der Waals surface area contributed by atoms with E-state index in [1.165, 1.54) is 11.1 Å². The number of hydrogen-bond acceptors (Lipinski definition) is 5. The number of piperazine rings is 1. The van der Waals surface area contributed by atoms with Gasteiger partial charge in [0, 0.05) is 44.3 Å². The Morgan fingerprint density at radius 1 is 1.05 bits per heavy atom. The molecule has 3 N–H and O–H groups in total. The van der Waals surface area contributed by atoms with Gasteiger partial charge in [0.1, 0.15) is 0 Å². The Morgan fingerprint density at radius 3 is 2.28 bits per heavy atom. The van der Waals surface area contributed by atoms with Crippen molar-refractivity contribution in [2.45, 2.75) is 32.2 Å². The molecule has 39 heavy (non-hydrogen) atoms. The Labute approximate surface area is 224 Å². The Kier molecular flexibility index (Phi) is 10.2. The Balaban J connectivity index is 0.000000532. The van der Waals surface area contributed by atoms with Crippen LogP contribution in [-0.2, 0) is 17.9 Å². The highest BCUT2D eigenvalue weighted by atomic mass is 19.4. The number of carboxylic acids is 1. The number of carboxylic acid groups (broad SMARTS) is 1. The summed E-state index contributed by atoms with van der Waals surface area (Å²) < 4.78 is 31.7. The lowest BCUT2D eigenvalue weighted by Gasteiger charge is -2.31. The van der Waals surface area contributed by atoms with Gasteiger partial charge in [0.15, 0.2) is 0 Å². The normalized spacial score (nSPS) is 15.4. The number of nitrogens with zero attached hydrogens (tertiary/aromatic N) is 2. The van der Waals surface area contributed by atoms with E-state index in [-0.39, 0.29) is 5.91 Å². The van der Waals surface area contributed by atoms with Crippen LogP contribution in [0.4, 0.5) is 13.2 Å². The molecule has 1 saturated heterocycles.